The van der Waals surface area contributed by atoms with E-state index in [1.54, 1.807) is 43.3 Å². The maximum absolute atomic E-state index is 12.5. The molecule has 4 aromatic rings. The minimum Gasteiger partial charge on any atom is -0.497 e. The molecule has 0 radical (unpaired) electrons. The summed E-state index contributed by atoms with van der Waals surface area (Å²) in [5, 5.41) is 11.2. The zero-order valence-corrected chi connectivity index (χ0v) is 17.3. The van der Waals surface area contributed by atoms with Gasteiger partial charge in [0, 0.05) is 18.3 Å². The molecule has 9 heteroatoms. The molecular formula is C22H21N5O4. The number of amides is 1. The molecule has 1 N–H and O–H groups in total. The van der Waals surface area contributed by atoms with Crippen LogP contribution in [-0.4, -0.2) is 40.0 Å². The van der Waals surface area contributed by atoms with Crippen LogP contribution in [0.1, 0.15) is 21.9 Å². The fourth-order valence-corrected chi connectivity index (χ4v) is 3.09. The van der Waals surface area contributed by atoms with Gasteiger partial charge in [0.25, 0.3) is 0 Å². The second-order valence-corrected chi connectivity index (χ2v) is 6.69. The van der Waals surface area contributed by atoms with Crippen molar-refractivity contribution >= 4 is 5.91 Å². The minimum atomic E-state index is -0.489. The van der Waals surface area contributed by atoms with Crippen molar-refractivity contribution in [3.05, 3.63) is 71.9 Å². The summed E-state index contributed by atoms with van der Waals surface area (Å²) in [7, 11) is 3.14. The molecule has 0 aliphatic carbocycles. The molecule has 2 aromatic carbocycles. The third-order valence-corrected chi connectivity index (χ3v) is 4.71. The summed E-state index contributed by atoms with van der Waals surface area (Å²) in [6.45, 7) is 2.06. The van der Waals surface area contributed by atoms with Crippen molar-refractivity contribution in [2.75, 3.05) is 14.2 Å². The van der Waals surface area contributed by atoms with E-state index in [0.717, 1.165) is 16.9 Å². The number of carbonyl (C=O) groups excluding carboxylic acids is 1. The zero-order chi connectivity index (χ0) is 21.8. The predicted octanol–water partition coefficient (Wildman–Crippen LogP) is 3.18. The van der Waals surface area contributed by atoms with E-state index < -0.39 is 5.91 Å². The second kappa shape index (κ2) is 8.70. The smallest absolute Gasteiger partial charge is 0.316 e. The van der Waals surface area contributed by atoms with Crippen molar-refractivity contribution in [3.63, 3.8) is 0 Å². The van der Waals surface area contributed by atoms with Gasteiger partial charge in [-0.2, -0.15) is 10.1 Å². The fourth-order valence-electron chi connectivity index (χ4n) is 3.09. The number of rotatable bonds is 7. The summed E-state index contributed by atoms with van der Waals surface area (Å²) in [5.74, 6) is 0.969. The lowest BCUT2D eigenvalue weighted by atomic mass is 10.2. The lowest BCUT2D eigenvalue weighted by Crippen LogP contribution is -2.23. The molecule has 0 aliphatic rings. The van der Waals surface area contributed by atoms with E-state index in [1.165, 1.54) is 0 Å². The Morgan fingerprint density at radius 2 is 1.94 bits per heavy atom. The van der Waals surface area contributed by atoms with E-state index in [1.807, 2.05) is 37.3 Å². The lowest BCUT2D eigenvalue weighted by Gasteiger charge is -2.10. The number of ether oxygens (including phenoxy) is 2. The number of hydrogen-bond acceptors (Lipinski definition) is 7. The Morgan fingerprint density at radius 3 is 2.68 bits per heavy atom. The highest BCUT2D eigenvalue weighted by atomic mass is 16.5. The Hall–Kier alpha value is -4.14. The summed E-state index contributed by atoms with van der Waals surface area (Å²) in [4.78, 5) is 16.8. The molecule has 0 spiro atoms. The van der Waals surface area contributed by atoms with Crippen LogP contribution in [0.5, 0.6) is 11.5 Å². The molecule has 0 aliphatic heterocycles. The molecule has 0 fully saturated rings. The van der Waals surface area contributed by atoms with Crippen LogP contribution >= 0.6 is 0 Å². The monoisotopic (exact) mass is 419 g/mol. The summed E-state index contributed by atoms with van der Waals surface area (Å²) >= 11 is 0. The van der Waals surface area contributed by atoms with E-state index in [-0.39, 0.29) is 12.4 Å². The van der Waals surface area contributed by atoms with Gasteiger partial charge in [0.15, 0.2) is 0 Å². The molecule has 4 rings (SSSR count). The molecule has 2 aromatic heterocycles. The Labute approximate surface area is 178 Å². The molecule has 0 saturated carbocycles. The van der Waals surface area contributed by atoms with Gasteiger partial charge in [-0.3, -0.25) is 4.79 Å². The number of nitrogens with one attached hydrogen (secondary N) is 1. The SMILES string of the molecule is COc1ccc(OC)c(CNC(=O)c2nc(-c3cn(-c4ccccc4)nc3C)no2)c1. The first-order valence-electron chi connectivity index (χ1n) is 9.54. The molecule has 9 nitrogen and oxygen atoms in total. The molecular weight excluding hydrogens is 398 g/mol. The first kappa shape index (κ1) is 20.1. The van der Waals surface area contributed by atoms with Gasteiger partial charge >= 0.3 is 11.8 Å². The van der Waals surface area contributed by atoms with Gasteiger partial charge in [-0.25, -0.2) is 4.68 Å². The molecule has 0 unspecified atom stereocenters. The first-order chi connectivity index (χ1) is 15.1. The summed E-state index contributed by atoms with van der Waals surface area (Å²) in [5.41, 5.74) is 3.07. The lowest BCUT2D eigenvalue weighted by molar-refractivity contribution is 0.0906. The van der Waals surface area contributed by atoms with Crippen molar-refractivity contribution < 1.29 is 18.8 Å². The molecule has 2 heterocycles. The van der Waals surface area contributed by atoms with E-state index in [9.17, 15) is 4.79 Å². The highest BCUT2D eigenvalue weighted by Crippen LogP contribution is 2.24. The second-order valence-electron chi connectivity index (χ2n) is 6.69. The van der Waals surface area contributed by atoms with E-state index in [0.29, 0.717) is 22.9 Å². The van der Waals surface area contributed by atoms with Gasteiger partial charge in [-0.15, -0.1) is 0 Å². The summed E-state index contributed by atoms with van der Waals surface area (Å²) in [6, 6.07) is 15.0. The molecule has 0 atom stereocenters. The van der Waals surface area contributed by atoms with Crippen LogP contribution in [0.3, 0.4) is 0 Å². The number of aromatic nitrogens is 4. The number of benzene rings is 2. The van der Waals surface area contributed by atoms with Gasteiger partial charge in [0.1, 0.15) is 11.5 Å². The maximum Gasteiger partial charge on any atom is 0.316 e. The average molecular weight is 419 g/mol. The third kappa shape index (κ3) is 4.25. The maximum atomic E-state index is 12.5. The van der Waals surface area contributed by atoms with Crippen molar-refractivity contribution in [2.24, 2.45) is 0 Å². The topological polar surface area (TPSA) is 104 Å². The van der Waals surface area contributed by atoms with Crippen LogP contribution in [0.2, 0.25) is 0 Å². The van der Waals surface area contributed by atoms with Crippen LogP contribution in [0, 0.1) is 6.92 Å². The van der Waals surface area contributed by atoms with Crippen molar-refractivity contribution in [3.8, 4) is 28.6 Å². The van der Waals surface area contributed by atoms with Gasteiger partial charge in [-0.1, -0.05) is 23.4 Å². The number of methoxy groups -OCH3 is 2. The summed E-state index contributed by atoms with van der Waals surface area (Å²) in [6.07, 6.45) is 1.80. The van der Waals surface area contributed by atoms with Crippen LogP contribution in [0.4, 0.5) is 0 Å². The van der Waals surface area contributed by atoms with Gasteiger partial charge < -0.3 is 19.3 Å². The van der Waals surface area contributed by atoms with E-state index in [2.05, 4.69) is 20.6 Å². The largest absolute Gasteiger partial charge is 0.497 e. The fraction of sp³-hybridized carbons (Fsp3) is 0.182. The third-order valence-electron chi connectivity index (χ3n) is 4.71. The zero-order valence-electron chi connectivity index (χ0n) is 17.3. The highest BCUT2D eigenvalue weighted by molar-refractivity contribution is 5.89. The van der Waals surface area contributed by atoms with Gasteiger partial charge in [0.05, 0.1) is 31.2 Å². The molecule has 158 valence electrons. The van der Waals surface area contributed by atoms with Crippen LogP contribution in [0.15, 0.2) is 59.3 Å². The van der Waals surface area contributed by atoms with Crippen molar-refractivity contribution in [1.29, 1.82) is 0 Å². The molecule has 0 bridgehead atoms. The molecule has 31 heavy (non-hydrogen) atoms. The normalized spacial score (nSPS) is 10.7. The molecule has 0 saturated heterocycles. The number of hydrogen-bond donors (Lipinski definition) is 1. The van der Waals surface area contributed by atoms with Crippen LogP contribution < -0.4 is 14.8 Å². The van der Waals surface area contributed by atoms with E-state index >= 15 is 0 Å². The van der Waals surface area contributed by atoms with Crippen LogP contribution in [-0.2, 0) is 6.54 Å². The number of aryl methyl sites for hydroxylation is 1. The van der Waals surface area contributed by atoms with Gasteiger partial charge in [-0.05, 0) is 37.3 Å². The van der Waals surface area contributed by atoms with Crippen molar-refractivity contribution in [1.82, 2.24) is 25.2 Å². The molecule has 1 amide bonds. The Balaban J connectivity index is 1.49. The average Bonchev–Trinajstić information content (AvgIpc) is 3.44. The van der Waals surface area contributed by atoms with Gasteiger partial charge in [0.2, 0.25) is 5.82 Å². The van der Waals surface area contributed by atoms with Crippen molar-refractivity contribution in [2.45, 2.75) is 13.5 Å². The predicted molar refractivity (Wildman–Crippen MR) is 112 cm³/mol. The number of carbonyl (C=O) groups is 1. The summed E-state index contributed by atoms with van der Waals surface area (Å²) < 4.78 is 17.5. The number of para-hydroxylation sites is 1. The Bertz CT molecular complexity index is 1200. The number of nitrogens with zero attached hydrogens (tertiary/aromatic N) is 4. The van der Waals surface area contributed by atoms with E-state index in [4.69, 9.17) is 14.0 Å². The standard InChI is InChI=1S/C22H21N5O4/c1-14-18(13-27(25-14)16-7-5-4-6-8-16)20-24-22(31-26-20)21(28)23-12-15-11-17(29-2)9-10-19(15)30-3/h4-11,13H,12H2,1-3H3,(H,23,28). The highest BCUT2D eigenvalue weighted by Gasteiger charge is 2.19. The van der Waals surface area contributed by atoms with Crippen LogP contribution in [0.25, 0.3) is 17.1 Å². The quantitative estimate of drug-likeness (QED) is 0.491. The first-order valence-corrected chi connectivity index (χ1v) is 9.54. The minimum absolute atomic E-state index is 0.135. The Morgan fingerprint density at radius 1 is 1.13 bits per heavy atom. The Kier molecular flexibility index (Phi) is 5.65.